The van der Waals surface area contributed by atoms with E-state index in [4.69, 9.17) is 18.0 Å². The average molecular weight is 637 g/mol. The van der Waals surface area contributed by atoms with E-state index in [0.29, 0.717) is 28.6 Å². The van der Waals surface area contributed by atoms with Crippen LogP contribution >= 0.6 is 0 Å². The molecule has 2 aromatic heterocycles. The Balaban J connectivity index is 1.93. The van der Waals surface area contributed by atoms with Gasteiger partial charge in [0.15, 0.2) is 12.1 Å². The Labute approximate surface area is 266 Å². The maximum atomic E-state index is 13.9. The molecule has 2 radical (unpaired) electrons. The number of ketones is 1. The van der Waals surface area contributed by atoms with Gasteiger partial charge in [-0.15, -0.1) is 0 Å². The summed E-state index contributed by atoms with van der Waals surface area (Å²) in [6.45, 7) is 24.3. The van der Waals surface area contributed by atoms with Gasteiger partial charge in [0, 0.05) is 23.7 Å². The summed E-state index contributed by atoms with van der Waals surface area (Å²) in [5.74, 6) is -1.17. The van der Waals surface area contributed by atoms with E-state index in [1.807, 2.05) is 30.3 Å². The molecule has 8 nitrogen and oxygen atoms in total. The second kappa shape index (κ2) is 14.0. The maximum Gasteiger partial charge on any atom is 0.317 e. The molecular formula is C34H48N2O6Si2. The van der Waals surface area contributed by atoms with Gasteiger partial charge in [0.05, 0.1) is 11.4 Å². The van der Waals surface area contributed by atoms with Crippen molar-refractivity contribution < 1.29 is 27.6 Å². The summed E-state index contributed by atoms with van der Waals surface area (Å²) < 4.78 is 24.6. The molecule has 10 heteroatoms. The Kier molecular flexibility index (Phi) is 11.3. The lowest BCUT2D eigenvalue weighted by molar-refractivity contribution is -0.158. The number of carbonyl (C=O) groups is 2. The van der Waals surface area contributed by atoms with Crippen LogP contribution in [0.15, 0.2) is 53.1 Å². The minimum absolute atomic E-state index is 0.00910. The van der Waals surface area contributed by atoms with Crippen LogP contribution in [-0.2, 0) is 24.8 Å². The summed E-state index contributed by atoms with van der Waals surface area (Å²) in [6, 6.07) is 12.9. The first-order valence-corrected chi connectivity index (χ1v) is 18.8. The number of aryl methyl sites for hydroxylation is 1. The fourth-order valence-electron chi connectivity index (χ4n) is 3.88. The van der Waals surface area contributed by atoms with Crippen molar-refractivity contribution in [3.63, 3.8) is 0 Å². The Morgan fingerprint density at radius 2 is 1.43 bits per heavy atom. The van der Waals surface area contributed by atoms with Crippen molar-refractivity contribution in [2.45, 2.75) is 111 Å². The first kappa shape index (κ1) is 35.6. The zero-order valence-corrected chi connectivity index (χ0v) is 30.3. The monoisotopic (exact) mass is 636 g/mol. The van der Waals surface area contributed by atoms with Crippen LogP contribution in [0.4, 0.5) is 0 Å². The van der Waals surface area contributed by atoms with E-state index in [0.717, 1.165) is 5.56 Å². The lowest BCUT2D eigenvalue weighted by Crippen LogP contribution is -2.35. The second-order valence-electron chi connectivity index (χ2n) is 14.2. The second-order valence-corrected chi connectivity index (χ2v) is 19.9. The summed E-state index contributed by atoms with van der Waals surface area (Å²) in [4.78, 5) is 36.6. The van der Waals surface area contributed by atoms with Crippen LogP contribution in [0.5, 0.6) is 0 Å². The number of pyridine rings is 1. The predicted molar refractivity (Wildman–Crippen MR) is 176 cm³/mol. The Hall–Kier alpha value is -2.93. The molecule has 0 aliphatic carbocycles. The van der Waals surface area contributed by atoms with Gasteiger partial charge in [-0.25, -0.2) is 4.98 Å². The van der Waals surface area contributed by atoms with Gasteiger partial charge in [-0.05, 0) is 75.1 Å². The highest BCUT2D eigenvalue weighted by Crippen LogP contribution is 2.35. The molecule has 0 aliphatic rings. The standard InChI is InChI=1S/C34H48N2O6Si2/c1-22-27(36-29(39-22)23-16-14-13-15-17-23)20-25(30(38)40-32(2,3)4)28(37)24-18-19-26(35-21-24)31(41-43(11)33(5,6)7)42-44(12)34(8,9)10/h13-19,21,25,31H,20H2,1-12H3. The van der Waals surface area contributed by atoms with Crippen LogP contribution in [0.3, 0.4) is 0 Å². The third kappa shape index (κ3) is 9.79. The normalized spacial score (nSPS) is 13.5. The van der Waals surface area contributed by atoms with Gasteiger partial charge in [-0.1, -0.05) is 59.7 Å². The summed E-state index contributed by atoms with van der Waals surface area (Å²) >= 11 is 0. The van der Waals surface area contributed by atoms with Gasteiger partial charge in [0.2, 0.25) is 24.0 Å². The molecule has 1 aromatic carbocycles. The number of Topliss-reactive ketones (excluding diaryl/α,β-unsaturated/α-hetero) is 1. The molecular weight excluding hydrogens is 589 g/mol. The van der Waals surface area contributed by atoms with Crippen molar-refractivity contribution in [2.24, 2.45) is 5.92 Å². The van der Waals surface area contributed by atoms with Gasteiger partial charge < -0.3 is 18.0 Å². The number of carbonyl (C=O) groups excluding carboxylic acids is 2. The van der Waals surface area contributed by atoms with Gasteiger partial charge >= 0.3 is 5.97 Å². The predicted octanol–water partition coefficient (Wildman–Crippen LogP) is 8.30. The first-order valence-electron chi connectivity index (χ1n) is 15.0. The van der Waals surface area contributed by atoms with Crippen molar-refractivity contribution >= 4 is 29.8 Å². The average Bonchev–Trinajstić information content (AvgIpc) is 3.29. The molecule has 0 fully saturated rings. The summed E-state index contributed by atoms with van der Waals surface area (Å²) in [5.41, 5.74) is 1.46. The number of rotatable bonds is 11. The number of hydrogen-bond donors (Lipinski definition) is 0. The topological polar surface area (TPSA) is 101 Å². The highest BCUT2D eigenvalue weighted by Gasteiger charge is 2.36. The fraction of sp³-hybridized carbons (Fsp3) is 0.529. The molecule has 1 atom stereocenters. The zero-order chi connectivity index (χ0) is 33.0. The highest BCUT2D eigenvalue weighted by molar-refractivity contribution is 6.55. The molecule has 0 amide bonds. The number of esters is 1. The molecule has 0 saturated carbocycles. The number of hydrogen-bond acceptors (Lipinski definition) is 8. The van der Waals surface area contributed by atoms with Gasteiger partial charge in [0.1, 0.15) is 17.3 Å². The largest absolute Gasteiger partial charge is 0.459 e. The molecule has 3 rings (SSSR count). The Morgan fingerprint density at radius 3 is 1.91 bits per heavy atom. The quantitative estimate of drug-likeness (QED) is 0.0681. The summed E-state index contributed by atoms with van der Waals surface area (Å²) in [6.07, 6.45) is 0.886. The van der Waals surface area contributed by atoms with Crippen LogP contribution in [0.25, 0.3) is 11.5 Å². The smallest absolute Gasteiger partial charge is 0.317 e. The Morgan fingerprint density at radius 1 is 0.864 bits per heavy atom. The van der Waals surface area contributed by atoms with E-state index in [1.54, 1.807) is 39.8 Å². The third-order valence-corrected chi connectivity index (χ3v) is 12.7. The molecule has 0 spiro atoms. The van der Waals surface area contributed by atoms with Crippen molar-refractivity contribution in [3.8, 4) is 11.5 Å². The van der Waals surface area contributed by atoms with Crippen molar-refractivity contribution in [2.75, 3.05) is 0 Å². The molecule has 0 bridgehead atoms. The van der Waals surface area contributed by atoms with Gasteiger partial charge in [0.25, 0.3) is 0 Å². The number of benzene rings is 1. The van der Waals surface area contributed by atoms with Gasteiger partial charge in [-0.2, -0.15) is 0 Å². The molecule has 0 saturated heterocycles. The summed E-state index contributed by atoms with van der Waals surface area (Å²) in [7, 11) is -2.52. The number of aromatic nitrogens is 2. The molecule has 1 unspecified atom stereocenters. The molecule has 44 heavy (non-hydrogen) atoms. The summed E-state index contributed by atoms with van der Waals surface area (Å²) in [5, 5.41) is -0.0182. The van der Waals surface area contributed by atoms with Crippen molar-refractivity contribution in [1.29, 1.82) is 0 Å². The van der Waals surface area contributed by atoms with E-state index in [1.165, 1.54) is 6.20 Å². The van der Waals surface area contributed by atoms with Gasteiger partial charge in [-0.3, -0.25) is 14.6 Å². The zero-order valence-electron chi connectivity index (χ0n) is 28.3. The third-order valence-electron chi connectivity index (χ3n) is 7.31. The van der Waals surface area contributed by atoms with Crippen molar-refractivity contribution in [3.05, 3.63) is 71.4 Å². The molecule has 3 aromatic rings. The van der Waals surface area contributed by atoms with E-state index in [9.17, 15) is 9.59 Å². The van der Waals surface area contributed by atoms with Crippen LogP contribution in [0.1, 0.15) is 96.1 Å². The SMILES string of the molecule is Cc1oc(-c2ccccc2)nc1CC(C(=O)OC(C)(C)C)C(=O)c1ccc(C(O[Si](C)C(C)(C)C)O[Si](C)C(C)(C)C)nc1. The van der Waals surface area contributed by atoms with Crippen LogP contribution < -0.4 is 0 Å². The van der Waals surface area contributed by atoms with E-state index in [-0.39, 0.29) is 16.5 Å². The number of nitrogens with zero attached hydrogens (tertiary/aromatic N) is 2. The molecule has 0 aliphatic heterocycles. The minimum atomic E-state index is -1.26. The molecule has 238 valence electrons. The van der Waals surface area contributed by atoms with E-state index in [2.05, 4.69) is 64.6 Å². The molecule has 0 N–H and O–H groups in total. The lowest BCUT2D eigenvalue weighted by atomic mass is 9.93. The Bertz CT molecular complexity index is 1380. The lowest BCUT2D eigenvalue weighted by Gasteiger charge is -2.33. The number of ether oxygens (including phenoxy) is 1. The fourth-order valence-corrected chi connectivity index (χ4v) is 5.67. The van der Waals surface area contributed by atoms with Crippen LogP contribution in [0.2, 0.25) is 23.2 Å². The molecule has 2 heterocycles. The number of oxazole rings is 1. The minimum Gasteiger partial charge on any atom is -0.459 e. The first-order chi connectivity index (χ1) is 20.3. The maximum absolute atomic E-state index is 13.9. The van der Waals surface area contributed by atoms with E-state index < -0.39 is 47.6 Å². The van der Waals surface area contributed by atoms with Crippen LogP contribution in [-0.4, -0.2) is 45.4 Å². The highest BCUT2D eigenvalue weighted by atomic mass is 28.3. The van der Waals surface area contributed by atoms with E-state index >= 15 is 0 Å². The van der Waals surface area contributed by atoms with Crippen LogP contribution in [0, 0.1) is 12.8 Å². The van der Waals surface area contributed by atoms with Crippen molar-refractivity contribution in [1.82, 2.24) is 9.97 Å².